The van der Waals surface area contributed by atoms with Gasteiger partial charge in [0, 0.05) is 12.1 Å². The van der Waals surface area contributed by atoms with Crippen molar-refractivity contribution in [2.45, 2.75) is 59.0 Å². The van der Waals surface area contributed by atoms with Gasteiger partial charge in [-0.25, -0.2) is 0 Å². The molecule has 0 saturated heterocycles. The molecule has 3 N–H and O–H groups in total. The van der Waals surface area contributed by atoms with E-state index in [9.17, 15) is 9.59 Å². The Labute approximate surface area is 109 Å². The highest BCUT2D eigenvalue weighted by molar-refractivity contribution is 5.82. The first-order valence-electron chi connectivity index (χ1n) is 6.34. The lowest BCUT2D eigenvalue weighted by molar-refractivity contribution is -0.141. The Hall–Kier alpha value is -1.10. The van der Waals surface area contributed by atoms with Gasteiger partial charge < -0.3 is 15.7 Å². The molecule has 1 amide bonds. The second kappa shape index (κ2) is 6.73. The first-order chi connectivity index (χ1) is 8.05. The van der Waals surface area contributed by atoms with Crippen LogP contribution in [0.1, 0.15) is 47.5 Å². The summed E-state index contributed by atoms with van der Waals surface area (Å²) in [4.78, 5) is 24.4. The normalized spacial score (nSPS) is 13.5. The molecule has 0 fully saturated rings. The lowest BCUT2D eigenvalue weighted by Gasteiger charge is -2.37. The van der Waals surface area contributed by atoms with Crippen molar-refractivity contribution in [1.29, 1.82) is 0 Å². The smallest absolute Gasteiger partial charge is 0.305 e. The van der Waals surface area contributed by atoms with Crippen molar-refractivity contribution in [3.63, 3.8) is 0 Å². The standard InChI is InChI=1S/C13H26N2O3/c1-9(2)8-10(14)12(18)15(13(3,4)5)7-6-11(16)17/h9-10H,6-8,14H2,1-5H3,(H,16,17)/t10-/m1/s1. The number of nitrogens with two attached hydrogens (primary N) is 1. The number of carboxylic acid groups (broad SMARTS) is 1. The van der Waals surface area contributed by atoms with Gasteiger partial charge in [0.25, 0.3) is 0 Å². The Kier molecular flexibility index (Phi) is 6.32. The number of carboxylic acids is 1. The second-order valence-electron chi connectivity index (χ2n) is 6.04. The van der Waals surface area contributed by atoms with E-state index in [1.807, 2.05) is 34.6 Å². The molecule has 5 nitrogen and oxygen atoms in total. The first-order valence-corrected chi connectivity index (χ1v) is 6.34. The summed E-state index contributed by atoms with van der Waals surface area (Å²) in [5.74, 6) is -0.739. The fourth-order valence-electron chi connectivity index (χ4n) is 1.79. The zero-order valence-electron chi connectivity index (χ0n) is 12.1. The first kappa shape index (κ1) is 16.9. The van der Waals surface area contributed by atoms with Crippen LogP contribution in [0.4, 0.5) is 0 Å². The average molecular weight is 258 g/mol. The third kappa shape index (κ3) is 6.00. The van der Waals surface area contributed by atoms with Crippen LogP contribution in [0.25, 0.3) is 0 Å². The number of amides is 1. The summed E-state index contributed by atoms with van der Waals surface area (Å²) in [5, 5.41) is 8.72. The maximum absolute atomic E-state index is 12.2. The summed E-state index contributed by atoms with van der Waals surface area (Å²) in [6.45, 7) is 9.86. The highest BCUT2D eigenvalue weighted by Gasteiger charge is 2.30. The SMILES string of the molecule is CC(C)C[C@@H](N)C(=O)N(CCC(=O)O)C(C)(C)C. The van der Waals surface area contributed by atoms with Crippen LogP contribution in [0.15, 0.2) is 0 Å². The van der Waals surface area contributed by atoms with E-state index in [2.05, 4.69) is 0 Å². The number of aliphatic carboxylic acids is 1. The third-order valence-electron chi connectivity index (χ3n) is 2.67. The molecule has 5 heteroatoms. The molecule has 0 aliphatic heterocycles. The molecule has 1 atom stereocenters. The highest BCUT2D eigenvalue weighted by atomic mass is 16.4. The molecule has 0 unspecified atom stereocenters. The van der Waals surface area contributed by atoms with E-state index in [4.69, 9.17) is 10.8 Å². The molecular formula is C13H26N2O3. The number of hydrogen-bond donors (Lipinski definition) is 2. The Morgan fingerprint density at radius 1 is 1.28 bits per heavy atom. The number of rotatable bonds is 6. The van der Waals surface area contributed by atoms with Gasteiger partial charge in [-0.3, -0.25) is 9.59 Å². The lowest BCUT2D eigenvalue weighted by atomic mass is 9.99. The summed E-state index contributed by atoms with van der Waals surface area (Å²) in [5.41, 5.74) is 5.47. The van der Waals surface area contributed by atoms with Crippen LogP contribution in [-0.4, -0.2) is 40.0 Å². The van der Waals surface area contributed by atoms with Gasteiger partial charge in [-0.15, -0.1) is 0 Å². The van der Waals surface area contributed by atoms with Gasteiger partial charge in [0.1, 0.15) is 0 Å². The van der Waals surface area contributed by atoms with Crippen molar-refractivity contribution in [3.05, 3.63) is 0 Å². The average Bonchev–Trinajstić information content (AvgIpc) is 2.13. The van der Waals surface area contributed by atoms with Gasteiger partial charge in [-0.05, 0) is 33.1 Å². The molecule has 0 aromatic rings. The maximum Gasteiger partial charge on any atom is 0.305 e. The van der Waals surface area contributed by atoms with E-state index in [-0.39, 0.29) is 18.9 Å². The zero-order valence-corrected chi connectivity index (χ0v) is 12.1. The summed E-state index contributed by atoms with van der Waals surface area (Å²) < 4.78 is 0. The number of carbonyl (C=O) groups excluding carboxylic acids is 1. The highest BCUT2D eigenvalue weighted by Crippen LogP contribution is 2.17. The molecule has 0 saturated carbocycles. The molecule has 0 aliphatic carbocycles. The van der Waals surface area contributed by atoms with E-state index in [0.717, 1.165) is 0 Å². The van der Waals surface area contributed by atoms with Crippen LogP contribution in [0.5, 0.6) is 0 Å². The minimum absolute atomic E-state index is 0.0581. The van der Waals surface area contributed by atoms with Gasteiger partial charge in [0.15, 0.2) is 0 Å². The van der Waals surface area contributed by atoms with Crippen molar-refractivity contribution in [3.8, 4) is 0 Å². The van der Waals surface area contributed by atoms with Crippen LogP contribution >= 0.6 is 0 Å². The Morgan fingerprint density at radius 2 is 1.78 bits per heavy atom. The number of carbonyl (C=O) groups is 2. The topological polar surface area (TPSA) is 83.6 Å². The van der Waals surface area contributed by atoms with E-state index < -0.39 is 17.6 Å². The molecule has 0 spiro atoms. The van der Waals surface area contributed by atoms with Crippen LogP contribution in [0, 0.1) is 5.92 Å². The van der Waals surface area contributed by atoms with Crippen molar-refractivity contribution in [2.24, 2.45) is 11.7 Å². The molecule has 106 valence electrons. The summed E-state index contributed by atoms with van der Waals surface area (Å²) in [6.07, 6.45) is 0.551. The molecule has 0 aromatic heterocycles. The molecule has 0 aliphatic rings. The molecule has 0 aromatic carbocycles. The van der Waals surface area contributed by atoms with Crippen LogP contribution < -0.4 is 5.73 Å². The minimum atomic E-state index is -0.908. The van der Waals surface area contributed by atoms with Gasteiger partial charge in [0.2, 0.25) is 5.91 Å². The minimum Gasteiger partial charge on any atom is -0.481 e. The van der Waals surface area contributed by atoms with Crippen molar-refractivity contribution in [2.75, 3.05) is 6.54 Å². The van der Waals surface area contributed by atoms with Gasteiger partial charge >= 0.3 is 5.97 Å². The van der Waals surface area contributed by atoms with Gasteiger partial charge in [-0.1, -0.05) is 13.8 Å². The number of nitrogens with zero attached hydrogens (tertiary/aromatic N) is 1. The summed E-state index contributed by atoms with van der Waals surface area (Å²) in [6, 6.07) is -0.557. The van der Waals surface area contributed by atoms with Crippen LogP contribution in [-0.2, 0) is 9.59 Å². The lowest BCUT2D eigenvalue weighted by Crippen LogP contribution is -2.53. The van der Waals surface area contributed by atoms with Crippen LogP contribution in [0.3, 0.4) is 0 Å². The molecule has 0 radical (unpaired) electrons. The third-order valence-corrected chi connectivity index (χ3v) is 2.67. The molecule has 0 rings (SSSR count). The second-order valence-corrected chi connectivity index (χ2v) is 6.04. The quantitative estimate of drug-likeness (QED) is 0.755. The fraction of sp³-hybridized carbons (Fsp3) is 0.846. The molecule has 18 heavy (non-hydrogen) atoms. The van der Waals surface area contributed by atoms with E-state index >= 15 is 0 Å². The van der Waals surface area contributed by atoms with E-state index in [1.54, 1.807) is 4.90 Å². The Balaban J connectivity index is 4.75. The largest absolute Gasteiger partial charge is 0.481 e. The molecule has 0 heterocycles. The predicted octanol–water partition coefficient (Wildman–Crippen LogP) is 1.46. The Morgan fingerprint density at radius 3 is 2.11 bits per heavy atom. The summed E-state index contributed by atoms with van der Waals surface area (Å²) >= 11 is 0. The van der Waals surface area contributed by atoms with Crippen LogP contribution in [0.2, 0.25) is 0 Å². The monoisotopic (exact) mass is 258 g/mol. The maximum atomic E-state index is 12.2. The van der Waals surface area contributed by atoms with E-state index in [0.29, 0.717) is 12.3 Å². The molecular weight excluding hydrogens is 232 g/mol. The van der Waals surface area contributed by atoms with Gasteiger partial charge in [-0.2, -0.15) is 0 Å². The Bertz CT molecular complexity index is 295. The van der Waals surface area contributed by atoms with Gasteiger partial charge in [0.05, 0.1) is 12.5 Å². The predicted molar refractivity (Wildman–Crippen MR) is 71.1 cm³/mol. The van der Waals surface area contributed by atoms with Crippen molar-refractivity contribution >= 4 is 11.9 Å². The number of hydrogen-bond acceptors (Lipinski definition) is 3. The summed E-state index contributed by atoms with van der Waals surface area (Å²) in [7, 11) is 0. The van der Waals surface area contributed by atoms with Crippen molar-refractivity contribution in [1.82, 2.24) is 4.90 Å². The molecule has 0 bridgehead atoms. The fourth-order valence-corrected chi connectivity index (χ4v) is 1.79. The zero-order chi connectivity index (χ0) is 14.5. The van der Waals surface area contributed by atoms with E-state index in [1.165, 1.54) is 0 Å². The van der Waals surface area contributed by atoms with Crippen molar-refractivity contribution < 1.29 is 14.7 Å².